The molecule has 1 saturated carbocycles. The van der Waals surface area contributed by atoms with Gasteiger partial charge in [-0.15, -0.1) is 0 Å². The van der Waals surface area contributed by atoms with E-state index in [1.54, 1.807) is 11.2 Å². The first-order chi connectivity index (χ1) is 16.2. The smallest absolute Gasteiger partial charge is 0.410 e. The molecule has 2 aromatic heterocycles. The molecular weight excluding hydrogens is 428 g/mol. The van der Waals surface area contributed by atoms with Gasteiger partial charge < -0.3 is 19.1 Å². The molecule has 0 radical (unpaired) electrons. The Labute approximate surface area is 199 Å². The van der Waals surface area contributed by atoms with E-state index in [0.29, 0.717) is 31.1 Å². The largest absolute Gasteiger partial charge is 0.444 e. The van der Waals surface area contributed by atoms with Crippen LogP contribution in [0.5, 0.6) is 0 Å². The molecule has 1 atom stereocenters. The normalized spacial score (nSPS) is 18.7. The lowest BCUT2D eigenvalue weighted by Crippen LogP contribution is -2.54. The molecule has 3 heterocycles. The molecule has 0 N–H and O–H groups in total. The van der Waals surface area contributed by atoms with E-state index in [0.717, 1.165) is 35.4 Å². The zero-order valence-corrected chi connectivity index (χ0v) is 20.2. The molecule has 1 unspecified atom stereocenters. The topological polar surface area (TPSA) is 87.3 Å². The lowest BCUT2D eigenvalue weighted by molar-refractivity contribution is 0.0218. The van der Waals surface area contributed by atoms with Gasteiger partial charge in [-0.2, -0.15) is 5.26 Å². The van der Waals surface area contributed by atoms with Crippen LogP contribution < -0.4 is 4.90 Å². The number of anilines is 1. The molecule has 8 nitrogen and oxygen atoms in total. The summed E-state index contributed by atoms with van der Waals surface area (Å²) in [6.45, 7) is 9.61. The fraction of sp³-hybridized carbons (Fsp3) is 0.462. The Morgan fingerprint density at radius 3 is 2.68 bits per heavy atom. The van der Waals surface area contributed by atoms with Crippen molar-refractivity contribution in [2.45, 2.75) is 58.1 Å². The summed E-state index contributed by atoms with van der Waals surface area (Å²) < 4.78 is 7.66. The zero-order valence-electron chi connectivity index (χ0n) is 20.2. The number of benzene rings is 1. The van der Waals surface area contributed by atoms with Gasteiger partial charge in [-0.05, 0) is 70.2 Å². The van der Waals surface area contributed by atoms with Crippen molar-refractivity contribution in [3.63, 3.8) is 0 Å². The molecule has 1 aliphatic carbocycles. The summed E-state index contributed by atoms with van der Waals surface area (Å²) in [4.78, 5) is 26.1. The first-order valence-electron chi connectivity index (χ1n) is 11.9. The minimum atomic E-state index is -0.513. The highest BCUT2D eigenvalue weighted by Gasteiger charge is 2.34. The second-order valence-corrected chi connectivity index (χ2v) is 10.3. The summed E-state index contributed by atoms with van der Waals surface area (Å²) >= 11 is 0. The van der Waals surface area contributed by atoms with E-state index in [-0.39, 0.29) is 12.1 Å². The summed E-state index contributed by atoms with van der Waals surface area (Å²) in [6, 6.07) is 9.90. The van der Waals surface area contributed by atoms with E-state index in [1.807, 2.05) is 45.0 Å². The molecule has 1 amide bonds. The van der Waals surface area contributed by atoms with E-state index in [9.17, 15) is 10.1 Å². The van der Waals surface area contributed by atoms with E-state index < -0.39 is 5.60 Å². The molecule has 0 spiro atoms. The van der Waals surface area contributed by atoms with Crippen LogP contribution in [-0.4, -0.2) is 56.8 Å². The van der Waals surface area contributed by atoms with Crippen LogP contribution in [0.3, 0.4) is 0 Å². The summed E-state index contributed by atoms with van der Waals surface area (Å²) in [6.07, 6.45) is 5.83. The quantitative estimate of drug-likeness (QED) is 0.569. The number of aromatic nitrogens is 3. The number of carbonyl (C=O) groups excluding carboxylic acids is 1. The number of amides is 1. The van der Waals surface area contributed by atoms with Gasteiger partial charge in [0.2, 0.25) is 0 Å². The van der Waals surface area contributed by atoms with E-state index in [4.69, 9.17) is 9.72 Å². The summed E-state index contributed by atoms with van der Waals surface area (Å²) in [5.41, 5.74) is 3.14. The molecule has 5 rings (SSSR count). The average Bonchev–Trinajstić information content (AvgIpc) is 3.57. The van der Waals surface area contributed by atoms with Gasteiger partial charge in [0.1, 0.15) is 23.4 Å². The van der Waals surface area contributed by atoms with Crippen molar-refractivity contribution in [3.8, 4) is 11.8 Å². The lowest BCUT2D eigenvalue weighted by atomic mass is 10.1. The van der Waals surface area contributed by atoms with Crippen LogP contribution in [0.1, 0.15) is 57.6 Å². The van der Waals surface area contributed by atoms with Gasteiger partial charge in [-0.1, -0.05) is 6.07 Å². The van der Waals surface area contributed by atoms with Crippen molar-refractivity contribution < 1.29 is 9.53 Å². The first-order valence-corrected chi connectivity index (χ1v) is 11.9. The second kappa shape index (κ2) is 8.32. The molecule has 8 heteroatoms. The van der Waals surface area contributed by atoms with Crippen molar-refractivity contribution >= 4 is 22.9 Å². The van der Waals surface area contributed by atoms with Crippen LogP contribution in [0.25, 0.3) is 16.7 Å². The first kappa shape index (κ1) is 22.2. The molecule has 1 aliphatic heterocycles. The highest BCUT2D eigenvalue weighted by atomic mass is 16.6. The van der Waals surface area contributed by atoms with Crippen molar-refractivity contribution in [2.24, 2.45) is 0 Å². The van der Waals surface area contributed by atoms with Gasteiger partial charge in [0, 0.05) is 37.6 Å². The Morgan fingerprint density at radius 2 is 2.00 bits per heavy atom. The number of hydrogen-bond donors (Lipinski definition) is 0. The number of ether oxygens (including phenoxy) is 1. The molecule has 34 heavy (non-hydrogen) atoms. The molecular formula is C26H30N6O2. The molecule has 2 fully saturated rings. The summed E-state index contributed by atoms with van der Waals surface area (Å²) in [5.74, 6) is 1.42. The minimum Gasteiger partial charge on any atom is -0.444 e. The van der Waals surface area contributed by atoms with Crippen molar-refractivity contribution in [3.05, 3.63) is 47.9 Å². The van der Waals surface area contributed by atoms with Gasteiger partial charge in [-0.3, -0.25) is 0 Å². The number of rotatable bonds is 3. The number of nitrogens with zero attached hydrogens (tertiary/aromatic N) is 6. The van der Waals surface area contributed by atoms with E-state index in [1.165, 1.54) is 5.56 Å². The SMILES string of the molecule is CC1CN(C(=O)OC(C)(C)C)CCN1c1ncnc2c1c(C1CC1)cn2-c1cccc(C#N)c1. The van der Waals surface area contributed by atoms with Crippen molar-refractivity contribution in [1.82, 2.24) is 19.4 Å². The maximum atomic E-state index is 12.6. The third kappa shape index (κ3) is 4.18. The standard InChI is InChI=1S/C26H30N6O2/c1-17-14-30(25(33)34-26(2,3)4)10-11-31(17)23-22-21(19-8-9-19)15-32(24(22)29-16-28-23)20-7-5-6-18(12-20)13-27/h5-7,12,15-17,19H,8-11,14H2,1-4H3. The van der Waals surface area contributed by atoms with Gasteiger partial charge in [-0.25, -0.2) is 14.8 Å². The van der Waals surface area contributed by atoms with Gasteiger partial charge in [0.15, 0.2) is 0 Å². The maximum Gasteiger partial charge on any atom is 0.410 e. The molecule has 1 saturated heterocycles. The predicted octanol–water partition coefficient (Wildman–Crippen LogP) is 4.62. The number of nitriles is 1. The van der Waals surface area contributed by atoms with Crippen LogP contribution >= 0.6 is 0 Å². The van der Waals surface area contributed by atoms with Crippen LogP contribution in [0.2, 0.25) is 0 Å². The second-order valence-electron chi connectivity index (χ2n) is 10.3. The third-order valence-corrected chi connectivity index (χ3v) is 6.41. The Balaban J connectivity index is 1.51. The molecule has 3 aromatic rings. The third-order valence-electron chi connectivity index (χ3n) is 6.41. The zero-order chi connectivity index (χ0) is 24.0. The highest BCUT2D eigenvalue weighted by Crippen LogP contribution is 2.46. The Bertz CT molecular complexity index is 1280. The minimum absolute atomic E-state index is 0.0803. The Morgan fingerprint density at radius 1 is 1.21 bits per heavy atom. The molecule has 2 aliphatic rings. The highest BCUT2D eigenvalue weighted by molar-refractivity contribution is 5.93. The number of piperazine rings is 1. The Hall–Kier alpha value is -3.60. The van der Waals surface area contributed by atoms with Crippen LogP contribution in [0.4, 0.5) is 10.6 Å². The van der Waals surface area contributed by atoms with Gasteiger partial charge >= 0.3 is 6.09 Å². The summed E-state index contributed by atoms with van der Waals surface area (Å²) in [5, 5.41) is 10.4. The maximum absolute atomic E-state index is 12.6. The average molecular weight is 459 g/mol. The van der Waals surface area contributed by atoms with Gasteiger partial charge in [0.05, 0.1) is 17.0 Å². The molecule has 176 valence electrons. The fourth-order valence-electron chi connectivity index (χ4n) is 4.68. The van der Waals surface area contributed by atoms with Crippen LogP contribution in [-0.2, 0) is 4.74 Å². The predicted molar refractivity (Wildman–Crippen MR) is 130 cm³/mol. The van der Waals surface area contributed by atoms with E-state index in [2.05, 4.69) is 33.6 Å². The Kier molecular flexibility index (Phi) is 5.43. The van der Waals surface area contributed by atoms with Crippen molar-refractivity contribution in [2.75, 3.05) is 24.5 Å². The van der Waals surface area contributed by atoms with Crippen LogP contribution in [0.15, 0.2) is 36.8 Å². The summed E-state index contributed by atoms with van der Waals surface area (Å²) in [7, 11) is 0. The van der Waals surface area contributed by atoms with E-state index >= 15 is 0 Å². The van der Waals surface area contributed by atoms with Crippen molar-refractivity contribution in [1.29, 1.82) is 5.26 Å². The monoisotopic (exact) mass is 458 g/mol. The number of hydrogen-bond acceptors (Lipinski definition) is 6. The molecule has 1 aromatic carbocycles. The van der Waals surface area contributed by atoms with Crippen LogP contribution in [0, 0.1) is 11.3 Å². The lowest BCUT2D eigenvalue weighted by Gasteiger charge is -2.41. The molecule has 0 bridgehead atoms. The number of carbonyl (C=O) groups is 1. The van der Waals surface area contributed by atoms with Gasteiger partial charge in [0.25, 0.3) is 0 Å². The fourth-order valence-corrected chi connectivity index (χ4v) is 4.68. The number of fused-ring (bicyclic) bond motifs is 1.